The molecule has 178 valence electrons. The van der Waals surface area contributed by atoms with Crippen molar-refractivity contribution in [3.05, 3.63) is 92.3 Å². The summed E-state index contributed by atoms with van der Waals surface area (Å²) in [7, 11) is 1.54. The van der Waals surface area contributed by atoms with Crippen LogP contribution in [0.1, 0.15) is 21.5 Å². The highest BCUT2D eigenvalue weighted by Crippen LogP contribution is 2.34. The first-order chi connectivity index (χ1) is 16.7. The summed E-state index contributed by atoms with van der Waals surface area (Å²) in [5.74, 6) is -0.583. The normalized spacial score (nSPS) is 14.5. The lowest BCUT2D eigenvalue weighted by atomic mass is 10.1. The van der Waals surface area contributed by atoms with Crippen molar-refractivity contribution < 1.29 is 24.2 Å². The minimum absolute atomic E-state index is 0.0182. The molecule has 1 aliphatic heterocycles. The number of anilines is 1. The quantitative estimate of drug-likeness (QED) is 0.370. The Morgan fingerprint density at radius 1 is 1.06 bits per heavy atom. The molecule has 3 aromatic rings. The molecule has 0 bridgehead atoms. The van der Waals surface area contributed by atoms with Crippen LogP contribution < -0.4 is 10.1 Å². The zero-order valence-corrected chi connectivity index (χ0v) is 20.6. The number of ether oxygens (including phenoxy) is 1. The summed E-state index contributed by atoms with van der Waals surface area (Å²) >= 11 is 12.8. The van der Waals surface area contributed by atoms with Gasteiger partial charge in [-0.05, 0) is 77.5 Å². The van der Waals surface area contributed by atoms with Crippen LogP contribution in [-0.2, 0) is 11.3 Å². The maximum atomic E-state index is 12.9. The van der Waals surface area contributed by atoms with Gasteiger partial charge in [-0.1, -0.05) is 35.3 Å². The van der Waals surface area contributed by atoms with E-state index in [1.807, 2.05) is 0 Å². The van der Waals surface area contributed by atoms with Crippen molar-refractivity contribution in [2.24, 2.45) is 0 Å². The second-order valence-corrected chi connectivity index (χ2v) is 9.28. The highest BCUT2D eigenvalue weighted by molar-refractivity contribution is 8.18. The number of hydrogen-bond donors (Lipinski definition) is 2. The van der Waals surface area contributed by atoms with E-state index in [1.54, 1.807) is 55.6 Å². The van der Waals surface area contributed by atoms with Crippen LogP contribution in [0.5, 0.6) is 11.5 Å². The Morgan fingerprint density at radius 2 is 1.80 bits per heavy atom. The molecule has 2 N–H and O–H groups in total. The Balaban J connectivity index is 1.52. The SMILES string of the molecule is COc1ccc(NC(=O)c2cc(C=C3SC(=O)N(Cc4ccc(Cl)c(Cl)c4)C3=O)ccc2O)cc1. The molecule has 0 spiro atoms. The van der Waals surface area contributed by atoms with Crippen molar-refractivity contribution in [3.8, 4) is 11.5 Å². The number of nitrogens with one attached hydrogen (secondary N) is 1. The molecule has 0 aliphatic carbocycles. The van der Waals surface area contributed by atoms with E-state index in [4.69, 9.17) is 27.9 Å². The lowest BCUT2D eigenvalue weighted by Crippen LogP contribution is -2.27. The van der Waals surface area contributed by atoms with Crippen LogP contribution in [0.4, 0.5) is 10.5 Å². The van der Waals surface area contributed by atoms with Crippen LogP contribution in [-0.4, -0.2) is 34.2 Å². The van der Waals surface area contributed by atoms with Crippen LogP contribution in [0.25, 0.3) is 6.08 Å². The Morgan fingerprint density at radius 3 is 2.49 bits per heavy atom. The molecule has 0 aromatic heterocycles. The van der Waals surface area contributed by atoms with Crippen molar-refractivity contribution in [2.75, 3.05) is 12.4 Å². The first-order valence-electron chi connectivity index (χ1n) is 10.2. The minimum atomic E-state index is -0.532. The van der Waals surface area contributed by atoms with E-state index in [0.717, 1.165) is 16.7 Å². The van der Waals surface area contributed by atoms with Crippen LogP contribution in [0.15, 0.2) is 65.6 Å². The second-order valence-electron chi connectivity index (χ2n) is 7.48. The number of carbonyl (C=O) groups excluding carboxylic acids is 3. The van der Waals surface area contributed by atoms with Gasteiger partial charge in [0.15, 0.2) is 0 Å². The van der Waals surface area contributed by atoms with Gasteiger partial charge in [-0.25, -0.2) is 0 Å². The lowest BCUT2D eigenvalue weighted by Gasteiger charge is -2.13. The van der Waals surface area contributed by atoms with E-state index in [-0.39, 0.29) is 22.8 Å². The van der Waals surface area contributed by atoms with Gasteiger partial charge in [0.2, 0.25) is 0 Å². The molecule has 0 unspecified atom stereocenters. The van der Waals surface area contributed by atoms with Gasteiger partial charge >= 0.3 is 0 Å². The van der Waals surface area contributed by atoms with Crippen molar-refractivity contribution in [1.82, 2.24) is 4.90 Å². The molecule has 1 fully saturated rings. The van der Waals surface area contributed by atoms with Crippen LogP contribution in [0.2, 0.25) is 10.0 Å². The molecule has 0 radical (unpaired) electrons. The fourth-order valence-electron chi connectivity index (χ4n) is 3.31. The number of amides is 3. The average molecular weight is 529 g/mol. The summed E-state index contributed by atoms with van der Waals surface area (Å²) in [6.07, 6.45) is 1.50. The third-order valence-corrected chi connectivity index (χ3v) is 6.76. The molecular formula is C25H18Cl2N2O5S. The summed E-state index contributed by atoms with van der Waals surface area (Å²) in [5, 5.41) is 13.2. The van der Waals surface area contributed by atoms with Gasteiger partial charge in [-0.2, -0.15) is 0 Å². The zero-order chi connectivity index (χ0) is 25.1. The predicted octanol–water partition coefficient (Wildman–Crippen LogP) is 6.20. The molecule has 35 heavy (non-hydrogen) atoms. The molecule has 1 heterocycles. The largest absolute Gasteiger partial charge is 0.507 e. The van der Waals surface area contributed by atoms with Gasteiger partial charge in [0, 0.05) is 5.69 Å². The Bertz CT molecular complexity index is 1360. The van der Waals surface area contributed by atoms with E-state index in [0.29, 0.717) is 32.6 Å². The molecule has 7 nitrogen and oxygen atoms in total. The van der Waals surface area contributed by atoms with Gasteiger partial charge in [0.05, 0.1) is 34.2 Å². The van der Waals surface area contributed by atoms with Gasteiger partial charge in [0.1, 0.15) is 11.5 Å². The number of phenolic OH excluding ortho intramolecular Hbond substituents is 1. The summed E-state index contributed by atoms with van der Waals surface area (Å²) in [6, 6.07) is 16.0. The number of aromatic hydroxyl groups is 1. The van der Waals surface area contributed by atoms with Crippen LogP contribution in [0.3, 0.4) is 0 Å². The number of methoxy groups -OCH3 is 1. The van der Waals surface area contributed by atoms with Gasteiger partial charge < -0.3 is 15.2 Å². The maximum Gasteiger partial charge on any atom is 0.293 e. The lowest BCUT2D eigenvalue weighted by molar-refractivity contribution is -0.123. The van der Waals surface area contributed by atoms with Crippen molar-refractivity contribution in [2.45, 2.75) is 6.54 Å². The van der Waals surface area contributed by atoms with Gasteiger partial charge in [-0.3, -0.25) is 19.3 Å². The number of carbonyl (C=O) groups is 3. The summed E-state index contributed by atoms with van der Waals surface area (Å²) in [6.45, 7) is 0.0456. The topological polar surface area (TPSA) is 95.9 Å². The maximum absolute atomic E-state index is 12.9. The van der Waals surface area contributed by atoms with Gasteiger partial charge in [-0.15, -0.1) is 0 Å². The Labute approximate surface area is 215 Å². The van der Waals surface area contributed by atoms with Crippen molar-refractivity contribution >= 4 is 63.8 Å². The molecule has 3 amide bonds. The third kappa shape index (κ3) is 5.62. The highest BCUT2D eigenvalue weighted by atomic mass is 35.5. The predicted molar refractivity (Wildman–Crippen MR) is 137 cm³/mol. The number of phenols is 1. The molecule has 0 atom stereocenters. The first kappa shape index (κ1) is 24.7. The standard InChI is InChI=1S/C25H18Cl2N2O5S/c1-34-17-6-4-16(5-7-17)28-23(31)18-10-14(3-9-21(18)30)12-22-24(32)29(25(33)35-22)13-15-2-8-19(26)20(27)11-15/h2-12,30H,13H2,1H3,(H,28,31). The molecule has 1 aliphatic rings. The minimum Gasteiger partial charge on any atom is -0.507 e. The molecule has 3 aromatic carbocycles. The molecule has 4 rings (SSSR count). The Kier molecular flexibility index (Phi) is 7.35. The molecule has 1 saturated heterocycles. The van der Waals surface area contributed by atoms with E-state index < -0.39 is 17.1 Å². The monoisotopic (exact) mass is 528 g/mol. The number of nitrogens with zero attached hydrogens (tertiary/aromatic N) is 1. The smallest absolute Gasteiger partial charge is 0.293 e. The van der Waals surface area contributed by atoms with E-state index in [1.165, 1.54) is 18.2 Å². The number of benzene rings is 3. The van der Waals surface area contributed by atoms with Crippen LogP contribution in [0, 0.1) is 0 Å². The highest BCUT2D eigenvalue weighted by Gasteiger charge is 2.35. The van der Waals surface area contributed by atoms with E-state index in [2.05, 4.69) is 5.32 Å². The first-order valence-corrected chi connectivity index (χ1v) is 11.8. The Hall–Kier alpha value is -3.46. The summed E-state index contributed by atoms with van der Waals surface area (Å²) in [5.41, 5.74) is 1.67. The number of thioether (sulfide) groups is 1. The molecule has 0 saturated carbocycles. The number of rotatable bonds is 6. The third-order valence-electron chi connectivity index (χ3n) is 5.11. The molecule has 10 heteroatoms. The van der Waals surface area contributed by atoms with Crippen LogP contribution >= 0.6 is 35.0 Å². The fourth-order valence-corrected chi connectivity index (χ4v) is 4.47. The fraction of sp³-hybridized carbons (Fsp3) is 0.0800. The van der Waals surface area contributed by atoms with Crippen molar-refractivity contribution in [3.63, 3.8) is 0 Å². The molecular weight excluding hydrogens is 511 g/mol. The van der Waals surface area contributed by atoms with Gasteiger partial charge in [0.25, 0.3) is 17.1 Å². The van der Waals surface area contributed by atoms with E-state index >= 15 is 0 Å². The summed E-state index contributed by atoms with van der Waals surface area (Å²) in [4.78, 5) is 39.4. The average Bonchev–Trinajstić information content (AvgIpc) is 3.10. The van der Waals surface area contributed by atoms with Crippen molar-refractivity contribution in [1.29, 1.82) is 0 Å². The van der Waals surface area contributed by atoms with E-state index in [9.17, 15) is 19.5 Å². The number of hydrogen-bond acceptors (Lipinski definition) is 6. The number of halogens is 2. The second kappa shape index (κ2) is 10.4. The number of imide groups is 1. The summed E-state index contributed by atoms with van der Waals surface area (Å²) < 4.78 is 5.10. The zero-order valence-electron chi connectivity index (χ0n) is 18.2.